The molecule has 0 aliphatic rings. The van der Waals surface area contributed by atoms with Crippen LogP contribution in [-0.2, 0) is 17.8 Å². The molecule has 15 heavy (non-hydrogen) atoms. The maximum absolute atomic E-state index is 10.4. The Morgan fingerprint density at radius 1 is 1.27 bits per heavy atom. The molecule has 0 radical (unpaired) electrons. The number of aliphatic carboxylic acids is 1. The zero-order valence-electron chi connectivity index (χ0n) is 8.36. The molecule has 1 aromatic rings. The van der Waals surface area contributed by atoms with Gasteiger partial charge in [-0.3, -0.25) is 5.41 Å². The molecule has 0 saturated carbocycles. The van der Waals surface area contributed by atoms with Crippen LogP contribution in [0.15, 0.2) is 24.3 Å². The standard InChI is InChI=1S/C11H14N2O2/c12-7-9-3-1-8(2-4-9)5-6-10(13)11(14)15/h1-4,13H,5-7,12H2,(H,14,15). The predicted molar refractivity (Wildman–Crippen MR) is 58.0 cm³/mol. The molecule has 0 aromatic heterocycles. The summed E-state index contributed by atoms with van der Waals surface area (Å²) in [5.74, 6) is -1.14. The van der Waals surface area contributed by atoms with Gasteiger partial charge in [0, 0.05) is 13.0 Å². The Labute approximate surface area is 88.2 Å². The van der Waals surface area contributed by atoms with E-state index < -0.39 is 5.97 Å². The normalized spacial score (nSPS) is 9.93. The Bertz CT molecular complexity index is 357. The fourth-order valence-corrected chi connectivity index (χ4v) is 1.22. The fraction of sp³-hybridized carbons (Fsp3) is 0.273. The van der Waals surface area contributed by atoms with E-state index in [0.717, 1.165) is 11.1 Å². The molecule has 4 nitrogen and oxygen atoms in total. The van der Waals surface area contributed by atoms with E-state index in [1.54, 1.807) is 0 Å². The highest BCUT2D eigenvalue weighted by Crippen LogP contribution is 2.06. The molecule has 0 atom stereocenters. The Morgan fingerprint density at radius 2 is 1.80 bits per heavy atom. The third-order valence-corrected chi connectivity index (χ3v) is 2.18. The third-order valence-electron chi connectivity index (χ3n) is 2.18. The number of benzene rings is 1. The van der Waals surface area contributed by atoms with Crippen LogP contribution in [0.25, 0.3) is 0 Å². The van der Waals surface area contributed by atoms with Crippen LogP contribution in [0.3, 0.4) is 0 Å². The lowest BCUT2D eigenvalue weighted by atomic mass is 10.1. The summed E-state index contributed by atoms with van der Waals surface area (Å²) < 4.78 is 0. The zero-order valence-corrected chi connectivity index (χ0v) is 8.36. The van der Waals surface area contributed by atoms with Gasteiger partial charge in [-0.1, -0.05) is 24.3 Å². The molecule has 0 bridgehead atoms. The number of hydrogen-bond acceptors (Lipinski definition) is 3. The van der Waals surface area contributed by atoms with Crippen molar-refractivity contribution in [2.45, 2.75) is 19.4 Å². The van der Waals surface area contributed by atoms with Crippen LogP contribution < -0.4 is 5.73 Å². The SMILES string of the molecule is N=C(CCc1ccc(CN)cc1)C(=O)O. The van der Waals surface area contributed by atoms with Gasteiger partial charge in [0.25, 0.3) is 0 Å². The molecule has 0 heterocycles. The highest BCUT2D eigenvalue weighted by Gasteiger charge is 2.06. The maximum atomic E-state index is 10.4. The predicted octanol–water partition coefficient (Wildman–Crippen LogP) is 1.18. The van der Waals surface area contributed by atoms with Crippen molar-refractivity contribution < 1.29 is 9.90 Å². The number of carboxylic acid groups (broad SMARTS) is 1. The summed E-state index contributed by atoms with van der Waals surface area (Å²) in [6.45, 7) is 0.505. The van der Waals surface area contributed by atoms with E-state index in [1.807, 2.05) is 24.3 Å². The van der Waals surface area contributed by atoms with Crippen LogP contribution in [0.1, 0.15) is 17.5 Å². The second-order valence-electron chi connectivity index (χ2n) is 3.30. The molecule has 0 saturated heterocycles. The first kappa shape index (κ1) is 11.4. The first-order valence-electron chi connectivity index (χ1n) is 4.72. The van der Waals surface area contributed by atoms with E-state index in [9.17, 15) is 4.79 Å². The van der Waals surface area contributed by atoms with Crippen LogP contribution in [-0.4, -0.2) is 16.8 Å². The summed E-state index contributed by atoms with van der Waals surface area (Å²) in [4.78, 5) is 10.4. The van der Waals surface area contributed by atoms with Crippen LogP contribution in [0.2, 0.25) is 0 Å². The monoisotopic (exact) mass is 206 g/mol. The van der Waals surface area contributed by atoms with Crippen molar-refractivity contribution >= 4 is 11.7 Å². The van der Waals surface area contributed by atoms with E-state index >= 15 is 0 Å². The molecule has 80 valence electrons. The number of nitrogens with two attached hydrogens (primary N) is 1. The van der Waals surface area contributed by atoms with Gasteiger partial charge in [-0.15, -0.1) is 0 Å². The molecule has 0 fully saturated rings. The minimum atomic E-state index is -1.14. The Morgan fingerprint density at radius 3 is 2.27 bits per heavy atom. The van der Waals surface area contributed by atoms with Crippen molar-refractivity contribution in [3.05, 3.63) is 35.4 Å². The van der Waals surface area contributed by atoms with Gasteiger partial charge >= 0.3 is 5.97 Å². The summed E-state index contributed by atoms with van der Waals surface area (Å²) in [7, 11) is 0. The van der Waals surface area contributed by atoms with E-state index in [4.69, 9.17) is 16.2 Å². The van der Waals surface area contributed by atoms with Gasteiger partial charge in [0.1, 0.15) is 5.71 Å². The summed E-state index contributed by atoms with van der Waals surface area (Å²) in [6.07, 6.45) is 0.841. The van der Waals surface area contributed by atoms with Gasteiger partial charge in [-0.2, -0.15) is 0 Å². The highest BCUT2D eigenvalue weighted by molar-refractivity contribution is 6.34. The lowest BCUT2D eigenvalue weighted by Gasteiger charge is -2.02. The highest BCUT2D eigenvalue weighted by atomic mass is 16.4. The fourth-order valence-electron chi connectivity index (χ4n) is 1.22. The number of nitrogens with one attached hydrogen (secondary N) is 1. The summed E-state index contributed by atoms with van der Waals surface area (Å²) in [6, 6.07) is 7.66. The van der Waals surface area contributed by atoms with Crippen molar-refractivity contribution in [3.8, 4) is 0 Å². The average Bonchev–Trinajstić information content (AvgIpc) is 2.26. The first-order valence-corrected chi connectivity index (χ1v) is 4.72. The van der Waals surface area contributed by atoms with Gasteiger partial charge in [-0.25, -0.2) is 4.79 Å². The van der Waals surface area contributed by atoms with Gasteiger partial charge in [0.2, 0.25) is 0 Å². The van der Waals surface area contributed by atoms with Crippen LogP contribution in [0.4, 0.5) is 0 Å². The van der Waals surface area contributed by atoms with Gasteiger partial charge in [0.15, 0.2) is 0 Å². The topological polar surface area (TPSA) is 87.2 Å². The van der Waals surface area contributed by atoms with Crippen molar-refractivity contribution in [2.24, 2.45) is 5.73 Å². The van der Waals surface area contributed by atoms with Gasteiger partial charge in [0.05, 0.1) is 0 Å². The Kier molecular flexibility index (Phi) is 4.00. The average molecular weight is 206 g/mol. The minimum absolute atomic E-state index is 0.252. The zero-order chi connectivity index (χ0) is 11.3. The molecule has 1 aromatic carbocycles. The van der Waals surface area contributed by atoms with Crippen molar-refractivity contribution in [3.63, 3.8) is 0 Å². The Hall–Kier alpha value is -1.68. The molecule has 0 spiro atoms. The number of carboxylic acids is 1. The smallest absolute Gasteiger partial charge is 0.349 e. The van der Waals surface area contributed by atoms with Crippen molar-refractivity contribution in [2.75, 3.05) is 0 Å². The molecular formula is C11H14N2O2. The summed E-state index contributed by atoms with van der Waals surface area (Å²) >= 11 is 0. The van der Waals surface area contributed by atoms with Crippen LogP contribution in [0, 0.1) is 5.41 Å². The van der Waals surface area contributed by atoms with E-state index in [2.05, 4.69) is 0 Å². The van der Waals surface area contributed by atoms with Gasteiger partial charge < -0.3 is 10.8 Å². The lowest BCUT2D eigenvalue weighted by molar-refractivity contribution is -0.129. The number of aryl methyl sites for hydroxylation is 1. The quantitative estimate of drug-likeness (QED) is 0.632. The first-order chi connectivity index (χ1) is 7.13. The number of rotatable bonds is 5. The summed E-state index contributed by atoms with van der Waals surface area (Å²) in [5.41, 5.74) is 7.27. The van der Waals surface area contributed by atoms with Crippen LogP contribution in [0.5, 0.6) is 0 Å². The molecule has 0 aliphatic heterocycles. The molecule has 0 unspecified atom stereocenters. The second kappa shape index (κ2) is 5.26. The lowest BCUT2D eigenvalue weighted by Crippen LogP contribution is -2.12. The number of hydrogen-bond donors (Lipinski definition) is 3. The van der Waals surface area contributed by atoms with Gasteiger partial charge in [-0.05, 0) is 17.5 Å². The van der Waals surface area contributed by atoms with E-state index in [1.165, 1.54) is 0 Å². The minimum Gasteiger partial charge on any atom is -0.477 e. The second-order valence-corrected chi connectivity index (χ2v) is 3.30. The van der Waals surface area contributed by atoms with Crippen molar-refractivity contribution in [1.29, 1.82) is 5.41 Å². The molecule has 4 N–H and O–H groups in total. The Balaban J connectivity index is 2.51. The number of carbonyl (C=O) groups is 1. The van der Waals surface area contributed by atoms with E-state index in [-0.39, 0.29) is 12.1 Å². The maximum Gasteiger partial charge on any atom is 0.349 e. The van der Waals surface area contributed by atoms with Crippen molar-refractivity contribution in [1.82, 2.24) is 0 Å². The molecule has 4 heteroatoms. The van der Waals surface area contributed by atoms with E-state index in [0.29, 0.717) is 13.0 Å². The molecule has 0 aliphatic carbocycles. The summed E-state index contributed by atoms with van der Waals surface area (Å²) in [5, 5.41) is 15.7. The molecule has 0 amide bonds. The molecular weight excluding hydrogens is 192 g/mol. The third kappa shape index (κ3) is 3.52. The van der Waals surface area contributed by atoms with Crippen LogP contribution >= 0.6 is 0 Å². The molecule has 1 rings (SSSR count). The largest absolute Gasteiger partial charge is 0.477 e.